The first-order valence-electron chi connectivity index (χ1n) is 13.1. The molecule has 198 valence electrons. The maximum absolute atomic E-state index is 13.8. The molecule has 9 nitrogen and oxygen atoms in total. The lowest BCUT2D eigenvalue weighted by atomic mass is 9.91. The van der Waals surface area contributed by atoms with Gasteiger partial charge in [0, 0.05) is 36.3 Å². The molecule has 5 unspecified atom stereocenters. The highest BCUT2D eigenvalue weighted by Crippen LogP contribution is 2.43. The normalized spacial score (nSPS) is 25.7. The number of halogens is 1. The van der Waals surface area contributed by atoms with Crippen molar-refractivity contribution < 1.29 is 23.9 Å². The quantitative estimate of drug-likeness (QED) is 0.486. The van der Waals surface area contributed by atoms with E-state index in [2.05, 4.69) is 15.6 Å². The van der Waals surface area contributed by atoms with E-state index in [1.165, 1.54) is 7.11 Å². The average molecular weight is 529 g/mol. The number of aromatic amines is 1. The summed E-state index contributed by atoms with van der Waals surface area (Å²) in [5.41, 5.74) is 1.07. The molecular formula is C27H33ClN4O5. The second-order valence-corrected chi connectivity index (χ2v) is 10.8. The Balaban J connectivity index is 1.40. The first-order chi connectivity index (χ1) is 17.8. The van der Waals surface area contributed by atoms with Crippen LogP contribution in [0.1, 0.15) is 55.9 Å². The Kier molecular flexibility index (Phi) is 7.16. The summed E-state index contributed by atoms with van der Waals surface area (Å²) in [4.78, 5) is 57.2. The molecular weight excluding hydrogens is 496 g/mol. The summed E-state index contributed by atoms with van der Waals surface area (Å²) >= 11 is 6.26. The van der Waals surface area contributed by atoms with Crippen molar-refractivity contribution in [3.8, 4) is 5.75 Å². The zero-order valence-electron chi connectivity index (χ0n) is 21.1. The Morgan fingerprint density at radius 1 is 1.24 bits per heavy atom. The lowest BCUT2D eigenvalue weighted by Gasteiger charge is -2.29. The van der Waals surface area contributed by atoms with Crippen LogP contribution in [-0.2, 0) is 14.4 Å². The van der Waals surface area contributed by atoms with Crippen LogP contribution in [-0.4, -0.2) is 65.7 Å². The summed E-state index contributed by atoms with van der Waals surface area (Å²) in [6, 6.07) is 3.80. The van der Waals surface area contributed by atoms with Crippen LogP contribution in [0.5, 0.6) is 5.75 Å². The molecule has 1 aromatic heterocycles. The van der Waals surface area contributed by atoms with E-state index in [-0.39, 0.29) is 54.1 Å². The van der Waals surface area contributed by atoms with Gasteiger partial charge in [-0.15, -0.1) is 0 Å². The van der Waals surface area contributed by atoms with Gasteiger partial charge in [0.1, 0.15) is 17.5 Å². The number of Topliss-reactive ketones (excluding diaryl/α,β-unsaturated/α-hetero) is 1. The summed E-state index contributed by atoms with van der Waals surface area (Å²) in [5.74, 6) is -0.286. The first-order valence-corrected chi connectivity index (χ1v) is 13.5. The van der Waals surface area contributed by atoms with Crippen molar-refractivity contribution in [2.75, 3.05) is 20.2 Å². The highest BCUT2D eigenvalue weighted by molar-refractivity contribution is 6.33. The minimum Gasteiger partial charge on any atom is -0.494 e. The zero-order valence-corrected chi connectivity index (χ0v) is 21.9. The highest BCUT2D eigenvalue weighted by Gasteiger charge is 2.50. The van der Waals surface area contributed by atoms with Crippen LogP contribution in [0, 0.1) is 17.8 Å². The summed E-state index contributed by atoms with van der Waals surface area (Å²) in [5, 5.41) is 6.89. The molecule has 2 aromatic rings. The molecule has 2 aliphatic heterocycles. The number of fused-ring (bicyclic) bond motifs is 2. The fraction of sp³-hybridized carbons (Fsp3) is 0.556. The number of ketones is 1. The monoisotopic (exact) mass is 528 g/mol. The third-order valence-electron chi connectivity index (χ3n) is 8.30. The molecule has 37 heavy (non-hydrogen) atoms. The molecule has 10 heteroatoms. The summed E-state index contributed by atoms with van der Waals surface area (Å²) in [7, 11) is 1.53. The Morgan fingerprint density at radius 2 is 2.05 bits per heavy atom. The van der Waals surface area contributed by atoms with Gasteiger partial charge in [-0.25, -0.2) is 0 Å². The van der Waals surface area contributed by atoms with Gasteiger partial charge in [0.2, 0.25) is 11.8 Å². The third kappa shape index (κ3) is 4.69. The Morgan fingerprint density at radius 3 is 2.76 bits per heavy atom. The van der Waals surface area contributed by atoms with E-state index < -0.39 is 12.1 Å². The van der Waals surface area contributed by atoms with Crippen molar-refractivity contribution in [2.24, 2.45) is 17.8 Å². The van der Waals surface area contributed by atoms with Crippen LogP contribution in [0.2, 0.25) is 5.02 Å². The molecule has 1 saturated carbocycles. The van der Waals surface area contributed by atoms with Crippen LogP contribution in [0.15, 0.2) is 18.2 Å². The number of H-pyrrole nitrogens is 1. The minimum absolute atomic E-state index is 0.0458. The van der Waals surface area contributed by atoms with Gasteiger partial charge in [0.05, 0.1) is 18.2 Å². The van der Waals surface area contributed by atoms with E-state index in [1.807, 2.05) is 0 Å². The number of likely N-dealkylation sites (tertiary alicyclic amines) is 1. The topological polar surface area (TPSA) is 121 Å². The van der Waals surface area contributed by atoms with Gasteiger partial charge in [0.25, 0.3) is 5.91 Å². The van der Waals surface area contributed by atoms with E-state index in [1.54, 1.807) is 30.0 Å². The highest BCUT2D eigenvalue weighted by atomic mass is 35.5. The molecule has 3 fully saturated rings. The summed E-state index contributed by atoms with van der Waals surface area (Å²) < 4.78 is 5.43. The number of carbonyl (C=O) groups is 4. The van der Waals surface area contributed by atoms with Crippen LogP contribution < -0.4 is 15.4 Å². The molecule has 0 spiro atoms. The Bertz CT molecular complexity index is 1240. The number of nitrogens with one attached hydrogen (secondary N) is 3. The van der Waals surface area contributed by atoms with Gasteiger partial charge in [-0.1, -0.05) is 24.9 Å². The summed E-state index contributed by atoms with van der Waals surface area (Å²) in [6.07, 6.45) is 4.03. The van der Waals surface area contributed by atoms with E-state index in [0.717, 1.165) is 19.3 Å². The van der Waals surface area contributed by atoms with E-state index in [0.29, 0.717) is 46.9 Å². The number of ether oxygens (including phenoxy) is 1. The van der Waals surface area contributed by atoms with E-state index in [4.69, 9.17) is 16.3 Å². The second kappa shape index (κ2) is 10.4. The lowest BCUT2D eigenvalue weighted by Crippen LogP contribution is -2.53. The van der Waals surface area contributed by atoms with Gasteiger partial charge >= 0.3 is 0 Å². The molecule has 3 amide bonds. The molecule has 2 saturated heterocycles. The van der Waals surface area contributed by atoms with Crippen molar-refractivity contribution in [2.45, 2.75) is 57.5 Å². The number of aromatic nitrogens is 1. The van der Waals surface area contributed by atoms with Crippen molar-refractivity contribution in [1.29, 1.82) is 0 Å². The van der Waals surface area contributed by atoms with Crippen LogP contribution in [0.25, 0.3) is 10.9 Å². The zero-order chi connectivity index (χ0) is 26.3. The molecule has 1 aromatic carbocycles. The Hall–Kier alpha value is -3.07. The molecule has 5 atom stereocenters. The lowest BCUT2D eigenvalue weighted by molar-refractivity contribution is -0.132. The van der Waals surface area contributed by atoms with Gasteiger partial charge < -0.3 is 25.3 Å². The molecule has 1 aliphatic carbocycles. The predicted molar refractivity (Wildman–Crippen MR) is 138 cm³/mol. The van der Waals surface area contributed by atoms with Crippen LogP contribution in [0.3, 0.4) is 0 Å². The number of benzene rings is 1. The predicted octanol–water partition coefficient (Wildman–Crippen LogP) is 3.06. The van der Waals surface area contributed by atoms with Gasteiger partial charge in [-0.2, -0.15) is 0 Å². The molecule has 3 heterocycles. The second-order valence-electron chi connectivity index (χ2n) is 10.4. The maximum Gasteiger partial charge on any atom is 0.271 e. The summed E-state index contributed by atoms with van der Waals surface area (Å²) in [6.45, 7) is 2.83. The van der Waals surface area contributed by atoms with Crippen molar-refractivity contribution in [3.05, 3.63) is 28.9 Å². The van der Waals surface area contributed by atoms with Gasteiger partial charge in [-0.05, 0) is 55.7 Å². The largest absolute Gasteiger partial charge is 0.494 e. The number of methoxy groups -OCH3 is 1. The van der Waals surface area contributed by atoms with Gasteiger partial charge in [0.15, 0.2) is 5.78 Å². The Labute approximate surface area is 220 Å². The maximum atomic E-state index is 13.8. The number of hydrogen-bond donors (Lipinski definition) is 3. The van der Waals surface area contributed by atoms with Crippen molar-refractivity contribution >= 4 is 46.0 Å². The number of nitrogens with zero attached hydrogens (tertiary/aromatic N) is 1. The van der Waals surface area contributed by atoms with Crippen molar-refractivity contribution in [3.63, 3.8) is 0 Å². The number of rotatable bonds is 8. The number of amides is 3. The van der Waals surface area contributed by atoms with Crippen LogP contribution in [0.4, 0.5) is 0 Å². The molecule has 3 N–H and O–H groups in total. The van der Waals surface area contributed by atoms with Crippen LogP contribution >= 0.6 is 11.6 Å². The number of hydrogen-bond acceptors (Lipinski definition) is 5. The fourth-order valence-electron chi connectivity index (χ4n) is 6.41. The first kappa shape index (κ1) is 25.6. The van der Waals surface area contributed by atoms with Crippen molar-refractivity contribution in [1.82, 2.24) is 20.5 Å². The molecule has 0 bridgehead atoms. The van der Waals surface area contributed by atoms with E-state index in [9.17, 15) is 19.2 Å². The van der Waals surface area contributed by atoms with Gasteiger partial charge in [-0.3, -0.25) is 19.2 Å². The SMILES string of the molecule is CCC(=O)C(CC1CCNC1=O)NC(=O)C1C2CCCC2CN1C(=O)c1cc2c(OC)c(Cl)ccc2[nH]1. The molecule has 5 rings (SSSR count). The van der Waals surface area contributed by atoms with E-state index >= 15 is 0 Å². The minimum atomic E-state index is -0.747. The smallest absolute Gasteiger partial charge is 0.271 e. The standard InChI is InChI=1S/C27H33ClN4O5/c1-3-22(33)20(11-14-9-10-29-25(14)34)31-26(35)23-16-6-4-5-15(16)13-32(23)27(36)21-12-17-19(30-21)8-7-18(28)24(17)37-2/h7-8,12,14-16,20,23,30H,3-6,9-11,13H2,1-2H3,(H,29,34)(H,31,35). The average Bonchev–Trinajstić information content (AvgIpc) is 3.66. The molecule has 3 aliphatic rings. The molecule has 0 radical (unpaired) electrons. The number of carbonyl (C=O) groups excluding carboxylic acids is 4. The third-order valence-corrected chi connectivity index (χ3v) is 8.59. The fourth-order valence-corrected chi connectivity index (χ4v) is 6.65.